The molecule has 26 heavy (non-hydrogen) atoms. The third kappa shape index (κ3) is 2.68. The molecule has 0 spiro atoms. The molecule has 0 bridgehead atoms. The lowest BCUT2D eigenvalue weighted by molar-refractivity contribution is -0.139. The molecule has 0 aliphatic heterocycles. The SMILES string of the molecule is NC#CCC1(c2cccc(-c3ccnc4[nH]nc(C(F)(F)F)c34)c2)CC1. The van der Waals surface area contributed by atoms with E-state index in [1.54, 1.807) is 12.1 Å². The van der Waals surface area contributed by atoms with Crippen molar-refractivity contribution >= 4 is 11.0 Å². The van der Waals surface area contributed by atoms with Crippen molar-refractivity contribution in [1.82, 2.24) is 15.2 Å². The monoisotopic (exact) mass is 356 g/mol. The molecule has 1 aromatic carbocycles. The van der Waals surface area contributed by atoms with E-state index in [9.17, 15) is 13.2 Å². The largest absolute Gasteiger partial charge is 0.435 e. The Morgan fingerprint density at radius 2 is 2.04 bits per heavy atom. The molecule has 0 atom stereocenters. The van der Waals surface area contributed by atoms with Crippen LogP contribution in [0.25, 0.3) is 22.2 Å². The fourth-order valence-electron chi connectivity index (χ4n) is 3.35. The maximum absolute atomic E-state index is 13.3. The number of rotatable bonds is 3. The van der Waals surface area contributed by atoms with Crippen molar-refractivity contribution < 1.29 is 13.2 Å². The molecule has 132 valence electrons. The van der Waals surface area contributed by atoms with Gasteiger partial charge >= 0.3 is 6.18 Å². The van der Waals surface area contributed by atoms with Crippen molar-refractivity contribution in [2.75, 3.05) is 0 Å². The highest BCUT2D eigenvalue weighted by atomic mass is 19.4. The van der Waals surface area contributed by atoms with Gasteiger partial charge in [-0.05, 0) is 35.6 Å². The Bertz CT molecular complexity index is 1040. The van der Waals surface area contributed by atoms with Gasteiger partial charge in [0.2, 0.25) is 0 Å². The van der Waals surface area contributed by atoms with Crippen molar-refractivity contribution in [2.24, 2.45) is 5.73 Å². The molecular weight excluding hydrogens is 341 g/mol. The summed E-state index contributed by atoms with van der Waals surface area (Å²) in [5.74, 6) is 2.92. The predicted octanol–water partition coefficient (Wildman–Crippen LogP) is 3.99. The van der Waals surface area contributed by atoms with Gasteiger partial charge in [-0.15, -0.1) is 0 Å². The number of aromatic nitrogens is 3. The highest BCUT2D eigenvalue weighted by molar-refractivity contribution is 5.94. The third-order valence-corrected chi connectivity index (χ3v) is 4.90. The van der Waals surface area contributed by atoms with Crippen molar-refractivity contribution in [3.63, 3.8) is 0 Å². The first kappa shape index (κ1) is 16.5. The Morgan fingerprint density at radius 3 is 2.73 bits per heavy atom. The van der Waals surface area contributed by atoms with Crippen LogP contribution < -0.4 is 5.73 Å². The topological polar surface area (TPSA) is 67.6 Å². The number of nitrogens with one attached hydrogen (secondary N) is 1. The van der Waals surface area contributed by atoms with Crippen molar-refractivity contribution in [2.45, 2.75) is 30.9 Å². The molecule has 2 aromatic heterocycles. The molecule has 2 heterocycles. The molecule has 7 heteroatoms. The van der Waals surface area contributed by atoms with E-state index in [0.29, 0.717) is 17.5 Å². The van der Waals surface area contributed by atoms with Crippen molar-refractivity contribution in [1.29, 1.82) is 0 Å². The minimum Gasteiger partial charge on any atom is -0.359 e. The number of fused-ring (bicyclic) bond motifs is 1. The zero-order valence-corrected chi connectivity index (χ0v) is 13.7. The Kier molecular flexibility index (Phi) is 3.65. The second-order valence-electron chi connectivity index (χ2n) is 6.51. The van der Waals surface area contributed by atoms with Gasteiger partial charge in [-0.1, -0.05) is 30.2 Å². The standard InChI is InChI=1S/C19H15F3N4/c20-19(21,22)16-15-14(5-10-24-17(15)26-25-16)12-3-1-4-13(11-12)18(7-8-18)6-2-9-23/h1,3-5,10-11H,6-8,23H2,(H,24,25,26). The van der Waals surface area contributed by atoms with Crippen LogP contribution in [0.3, 0.4) is 0 Å². The molecule has 0 unspecified atom stereocenters. The number of nitrogens with two attached hydrogens (primary N) is 1. The Hall–Kier alpha value is -3.01. The number of hydrogen-bond donors (Lipinski definition) is 2. The second kappa shape index (κ2) is 5.77. The maximum Gasteiger partial charge on any atom is 0.435 e. The lowest BCUT2D eigenvalue weighted by atomic mass is 9.89. The van der Waals surface area contributed by atoms with E-state index in [1.807, 2.05) is 18.2 Å². The van der Waals surface area contributed by atoms with E-state index in [0.717, 1.165) is 18.4 Å². The summed E-state index contributed by atoms with van der Waals surface area (Å²) in [5, 5.41) is 5.80. The summed E-state index contributed by atoms with van der Waals surface area (Å²) in [6, 6.07) is 11.6. The first-order valence-electron chi connectivity index (χ1n) is 8.14. The van der Waals surface area contributed by atoms with E-state index in [4.69, 9.17) is 5.73 Å². The molecule has 1 aliphatic rings. The number of alkyl halides is 3. The maximum atomic E-state index is 13.3. The van der Waals surface area contributed by atoms with E-state index < -0.39 is 11.9 Å². The van der Waals surface area contributed by atoms with E-state index in [2.05, 4.69) is 27.1 Å². The fourth-order valence-corrected chi connectivity index (χ4v) is 3.35. The van der Waals surface area contributed by atoms with Gasteiger partial charge in [-0.2, -0.15) is 18.3 Å². The molecule has 4 nitrogen and oxygen atoms in total. The summed E-state index contributed by atoms with van der Waals surface area (Å²) in [4.78, 5) is 3.98. The number of pyridine rings is 1. The molecule has 0 saturated heterocycles. The van der Waals surface area contributed by atoms with Crippen LogP contribution in [0.15, 0.2) is 36.5 Å². The Balaban J connectivity index is 1.85. The Labute approximate surface area is 147 Å². The lowest BCUT2D eigenvalue weighted by Gasteiger charge is -2.14. The van der Waals surface area contributed by atoms with Gasteiger partial charge in [0, 0.05) is 24.1 Å². The summed E-state index contributed by atoms with van der Waals surface area (Å²) in [6.45, 7) is 0. The normalized spacial score (nSPS) is 15.5. The van der Waals surface area contributed by atoms with Crippen LogP contribution in [0.5, 0.6) is 0 Å². The van der Waals surface area contributed by atoms with E-state index in [1.165, 1.54) is 6.20 Å². The van der Waals surface area contributed by atoms with Crippen LogP contribution in [0.4, 0.5) is 13.2 Å². The second-order valence-corrected chi connectivity index (χ2v) is 6.51. The molecule has 3 aromatic rings. The quantitative estimate of drug-likeness (QED) is 0.551. The predicted molar refractivity (Wildman–Crippen MR) is 91.8 cm³/mol. The summed E-state index contributed by atoms with van der Waals surface area (Å²) in [6.07, 6.45) is -0.428. The van der Waals surface area contributed by atoms with Gasteiger partial charge < -0.3 is 5.73 Å². The number of aromatic amines is 1. The first-order valence-corrected chi connectivity index (χ1v) is 8.14. The number of hydrogen-bond acceptors (Lipinski definition) is 3. The molecular formula is C19H15F3N4. The average molecular weight is 356 g/mol. The number of nitrogens with zero attached hydrogens (tertiary/aromatic N) is 2. The highest BCUT2D eigenvalue weighted by Crippen LogP contribution is 2.51. The zero-order valence-electron chi connectivity index (χ0n) is 13.7. The van der Waals surface area contributed by atoms with Gasteiger partial charge in [0.05, 0.1) is 5.39 Å². The summed E-state index contributed by atoms with van der Waals surface area (Å²) >= 11 is 0. The van der Waals surface area contributed by atoms with Crippen LogP contribution in [-0.2, 0) is 11.6 Å². The van der Waals surface area contributed by atoms with E-state index in [-0.39, 0.29) is 16.4 Å². The third-order valence-electron chi connectivity index (χ3n) is 4.90. The van der Waals surface area contributed by atoms with Gasteiger partial charge in [0.15, 0.2) is 11.3 Å². The molecule has 0 amide bonds. The molecule has 4 rings (SSSR count). The number of H-pyrrole nitrogens is 1. The van der Waals surface area contributed by atoms with Gasteiger partial charge in [-0.3, -0.25) is 5.10 Å². The fraction of sp³-hybridized carbons (Fsp3) is 0.263. The number of halogens is 3. The lowest BCUT2D eigenvalue weighted by Crippen LogP contribution is -2.07. The van der Waals surface area contributed by atoms with Crippen LogP contribution >= 0.6 is 0 Å². The van der Waals surface area contributed by atoms with Crippen LogP contribution in [0, 0.1) is 12.0 Å². The Morgan fingerprint density at radius 1 is 1.23 bits per heavy atom. The summed E-state index contributed by atoms with van der Waals surface area (Å²) in [5.41, 5.74) is 6.64. The smallest absolute Gasteiger partial charge is 0.359 e. The molecule has 0 radical (unpaired) electrons. The van der Waals surface area contributed by atoms with Gasteiger partial charge in [-0.25, -0.2) is 4.98 Å². The first-order chi connectivity index (χ1) is 12.4. The minimum absolute atomic E-state index is 0.0104. The average Bonchev–Trinajstić information content (AvgIpc) is 3.28. The number of benzene rings is 1. The summed E-state index contributed by atoms with van der Waals surface area (Å²) < 4.78 is 40.0. The van der Waals surface area contributed by atoms with Gasteiger partial charge in [0.1, 0.15) is 0 Å². The zero-order chi connectivity index (χ0) is 18.4. The van der Waals surface area contributed by atoms with E-state index >= 15 is 0 Å². The highest BCUT2D eigenvalue weighted by Gasteiger charge is 2.43. The molecule has 1 aliphatic carbocycles. The van der Waals surface area contributed by atoms with Crippen LogP contribution in [-0.4, -0.2) is 15.2 Å². The van der Waals surface area contributed by atoms with Gasteiger partial charge in [0.25, 0.3) is 0 Å². The van der Waals surface area contributed by atoms with Crippen molar-refractivity contribution in [3.05, 3.63) is 47.8 Å². The summed E-state index contributed by atoms with van der Waals surface area (Å²) in [7, 11) is 0. The van der Waals surface area contributed by atoms with Crippen LogP contribution in [0.1, 0.15) is 30.5 Å². The molecule has 1 saturated carbocycles. The van der Waals surface area contributed by atoms with Crippen molar-refractivity contribution in [3.8, 4) is 23.1 Å². The van der Waals surface area contributed by atoms with Crippen LogP contribution in [0.2, 0.25) is 0 Å². The molecule has 1 fully saturated rings. The minimum atomic E-state index is -4.55. The molecule has 3 N–H and O–H groups in total.